The van der Waals surface area contributed by atoms with Crippen molar-refractivity contribution in [2.75, 3.05) is 13.1 Å². The van der Waals surface area contributed by atoms with Crippen LogP contribution in [0.15, 0.2) is 0 Å². The molecular weight excluding hydrogens is 226 g/mol. The van der Waals surface area contributed by atoms with Crippen LogP contribution in [0.3, 0.4) is 0 Å². The van der Waals surface area contributed by atoms with Crippen LogP contribution in [0.4, 0.5) is 0 Å². The summed E-state index contributed by atoms with van der Waals surface area (Å²) in [5, 5.41) is 9.95. The number of likely N-dealkylation sites (tertiary alicyclic amines) is 1. The molecule has 0 aromatic rings. The standard InChI is InChI=1S/C15H27NO2/c1-15(2)11-16(10-9-13(15)17)14(18)12-7-5-3-4-6-8-12/h12-13,17H,3-11H2,1-2H3. The van der Waals surface area contributed by atoms with E-state index in [1.165, 1.54) is 25.7 Å². The summed E-state index contributed by atoms with van der Waals surface area (Å²) in [6.07, 6.45) is 7.58. The number of carbonyl (C=O) groups is 1. The average molecular weight is 253 g/mol. The Morgan fingerprint density at radius 2 is 1.72 bits per heavy atom. The fraction of sp³-hybridized carbons (Fsp3) is 0.933. The van der Waals surface area contributed by atoms with Crippen molar-refractivity contribution in [2.24, 2.45) is 11.3 Å². The molecule has 1 atom stereocenters. The van der Waals surface area contributed by atoms with Crippen molar-refractivity contribution in [1.82, 2.24) is 4.90 Å². The SMILES string of the molecule is CC1(C)CN(C(=O)C2CCCCCC2)CCC1O. The summed E-state index contributed by atoms with van der Waals surface area (Å²) in [6, 6.07) is 0. The first-order chi connectivity index (χ1) is 8.50. The Kier molecular flexibility index (Phi) is 4.31. The van der Waals surface area contributed by atoms with Gasteiger partial charge in [0.2, 0.25) is 5.91 Å². The highest BCUT2D eigenvalue weighted by Gasteiger charge is 2.37. The predicted octanol–water partition coefficient (Wildman–Crippen LogP) is 2.58. The van der Waals surface area contributed by atoms with Crippen LogP contribution >= 0.6 is 0 Å². The van der Waals surface area contributed by atoms with Gasteiger partial charge in [-0.1, -0.05) is 39.5 Å². The first-order valence-corrected chi connectivity index (χ1v) is 7.47. The number of rotatable bonds is 1. The monoisotopic (exact) mass is 253 g/mol. The van der Waals surface area contributed by atoms with Gasteiger partial charge in [0.05, 0.1) is 6.10 Å². The van der Waals surface area contributed by atoms with Gasteiger partial charge >= 0.3 is 0 Å². The van der Waals surface area contributed by atoms with E-state index in [9.17, 15) is 9.90 Å². The number of carbonyl (C=O) groups excluding carboxylic acids is 1. The smallest absolute Gasteiger partial charge is 0.225 e. The van der Waals surface area contributed by atoms with E-state index in [-0.39, 0.29) is 17.4 Å². The second kappa shape index (κ2) is 5.60. The Balaban J connectivity index is 1.96. The van der Waals surface area contributed by atoms with Gasteiger partial charge < -0.3 is 10.0 Å². The molecule has 0 radical (unpaired) electrons. The summed E-state index contributed by atoms with van der Waals surface area (Å²) >= 11 is 0. The summed E-state index contributed by atoms with van der Waals surface area (Å²) in [5.41, 5.74) is -0.154. The molecule has 1 aliphatic heterocycles. The predicted molar refractivity (Wildman–Crippen MR) is 72.2 cm³/mol. The Labute approximate surface area is 111 Å². The summed E-state index contributed by atoms with van der Waals surface area (Å²) in [4.78, 5) is 14.5. The van der Waals surface area contributed by atoms with Crippen molar-refractivity contribution < 1.29 is 9.90 Å². The molecule has 0 aromatic carbocycles. The van der Waals surface area contributed by atoms with Gasteiger partial charge in [-0.2, -0.15) is 0 Å². The van der Waals surface area contributed by atoms with E-state index in [2.05, 4.69) is 13.8 Å². The Hall–Kier alpha value is -0.570. The van der Waals surface area contributed by atoms with Crippen molar-refractivity contribution in [3.63, 3.8) is 0 Å². The molecule has 0 spiro atoms. The van der Waals surface area contributed by atoms with Gasteiger partial charge in [0.25, 0.3) is 0 Å². The third-order valence-electron chi connectivity index (χ3n) is 4.69. The molecule has 2 aliphatic rings. The third kappa shape index (κ3) is 3.05. The number of hydrogen-bond donors (Lipinski definition) is 1. The number of aliphatic hydroxyl groups is 1. The average Bonchev–Trinajstić information content (AvgIpc) is 2.60. The molecule has 104 valence electrons. The van der Waals surface area contributed by atoms with Gasteiger partial charge in [-0.3, -0.25) is 4.79 Å². The van der Waals surface area contributed by atoms with E-state index >= 15 is 0 Å². The molecule has 1 heterocycles. The van der Waals surface area contributed by atoms with E-state index in [0.717, 1.165) is 25.8 Å². The molecule has 1 saturated heterocycles. The second-order valence-corrected chi connectivity index (χ2v) is 6.74. The second-order valence-electron chi connectivity index (χ2n) is 6.74. The van der Waals surface area contributed by atoms with Crippen LogP contribution in [0, 0.1) is 11.3 Å². The van der Waals surface area contributed by atoms with Gasteiger partial charge in [0.15, 0.2) is 0 Å². The number of amides is 1. The molecule has 1 unspecified atom stereocenters. The highest BCUT2D eigenvalue weighted by Crippen LogP contribution is 2.32. The van der Waals surface area contributed by atoms with Crippen LogP contribution in [0.5, 0.6) is 0 Å². The van der Waals surface area contributed by atoms with Gasteiger partial charge in [-0.25, -0.2) is 0 Å². The zero-order chi connectivity index (χ0) is 13.2. The fourth-order valence-corrected chi connectivity index (χ4v) is 3.32. The number of piperidine rings is 1. The van der Waals surface area contributed by atoms with Gasteiger partial charge in [-0.05, 0) is 19.3 Å². The Morgan fingerprint density at radius 1 is 1.11 bits per heavy atom. The summed E-state index contributed by atoms with van der Waals surface area (Å²) in [7, 11) is 0. The highest BCUT2D eigenvalue weighted by atomic mass is 16.3. The van der Waals surface area contributed by atoms with E-state index in [1.54, 1.807) is 0 Å². The Bertz CT molecular complexity index is 293. The van der Waals surface area contributed by atoms with Gasteiger partial charge in [0, 0.05) is 24.4 Å². The quantitative estimate of drug-likeness (QED) is 0.730. The van der Waals surface area contributed by atoms with Crippen molar-refractivity contribution in [3.05, 3.63) is 0 Å². The molecule has 1 aliphatic carbocycles. The lowest BCUT2D eigenvalue weighted by Gasteiger charge is -2.42. The van der Waals surface area contributed by atoms with Crippen molar-refractivity contribution in [1.29, 1.82) is 0 Å². The van der Waals surface area contributed by atoms with Crippen molar-refractivity contribution in [2.45, 2.75) is 64.9 Å². The van der Waals surface area contributed by atoms with E-state index in [4.69, 9.17) is 0 Å². The summed E-state index contributed by atoms with van der Waals surface area (Å²) in [5.74, 6) is 0.593. The minimum absolute atomic E-state index is 0.154. The highest BCUT2D eigenvalue weighted by molar-refractivity contribution is 5.79. The fourth-order valence-electron chi connectivity index (χ4n) is 3.32. The van der Waals surface area contributed by atoms with Crippen molar-refractivity contribution >= 4 is 5.91 Å². The number of hydrogen-bond acceptors (Lipinski definition) is 2. The summed E-state index contributed by atoms with van der Waals surface area (Å²) < 4.78 is 0. The zero-order valence-electron chi connectivity index (χ0n) is 11.8. The Morgan fingerprint density at radius 3 is 2.28 bits per heavy atom. The minimum atomic E-state index is -0.268. The van der Waals surface area contributed by atoms with Crippen LogP contribution < -0.4 is 0 Å². The topological polar surface area (TPSA) is 40.5 Å². The molecule has 2 rings (SSSR count). The van der Waals surface area contributed by atoms with Gasteiger partial charge in [0.1, 0.15) is 0 Å². The molecule has 1 N–H and O–H groups in total. The molecule has 1 amide bonds. The molecule has 3 heteroatoms. The van der Waals surface area contributed by atoms with E-state index < -0.39 is 0 Å². The molecule has 0 bridgehead atoms. The maximum atomic E-state index is 12.5. The lowest BCUT2D eigenvalue weighted by atomic mass is 9.80. The first kappa shape index (κ1) is 13.9. The van der Waals surface area contributed by atoms with Crippen LogP contribution in [0.1, 0.15) is 58.8 Å². The van der Waals surface area contributed by atoms with Crippen LogP contribution in [-0.4, -0.2) is 35.1 Å². The van der Waals surface area contributed by atoms with Crippen LogP contribution in [-0.2, 0) is 4.79 Å². The zero-order valence-corrected chi connectivity index (χ0v) is 11.8. The lowest BCUT2D eigenvalue weighted by Crippen LogP contribution is -2.52. The van der Waals surface area contributed by atoms with Gasteiger partial charge in [-0.15, -0.1) is 0 Å². The molecular formula is C15H27NO2. The number of nitrogens with zero attached hydrogens (tertiary/aromatic N) is 1. The maximum Gasteiger partial charge on any atom is 0.225 e. The van der Waals surface area contributed by atoms with Crippen LogP contribution in [0.2, 0.25) is 0 Å². The molecule has 3 nitrogen and oxygen atoms in total. The molecule has 0 aromatic heterocycles. The molecule has 2 fully saturated rings. The largest absolute Gasteiger partial charge is 0.392 e. The van der Waals surface area contributed by atoms with Crippen LogP contribution in [0.25, 0.3) is 0 Å². The molecule has 1 saturated carbocycles. The van der Waals surface area contributed by atoms with E-state index in [1.807, 2.05) is 4.90 Å². The van der Waals surface area contributed by atoms with E-state index in [0.29, 0.717) is 12.5 Å². The maximum absolute atomic E-state index is 12.5. The normalized spacial score (nSPS) is 29.9. The lowest BCUT2D eigenvalue weighted by molar-refractivity contribution is -0.142. The first-order valence-electron chi connectivity index (χ1n) is 7.47. The third-order valence-corrected chi connectivity index (χ3v) is 4.69. The minimum Gasteiger partial charge on any atom is -0.392 e. The van der Waals surface area contributed by atoms with Crippen molar-refractivity contribution in [3.8, 4) is 0 Å². The molecule has 18 heavy (non-hydrogen) atoms. The summed E-state index contributed by atoms with van der Waals surface area (Å²) in [6.45, 7) is 5.57. The number of aliphatic hydroxyl groups excluding tert-OH is 1.